The van der Waals surface area contributed by atoms with Crippen LogP contribution < -0.4 is 10.2 Å². The molecule has 2 aromatic rings. The Morgan fingerprint density at radius 3 is 2.53 bits per heavy atom. The largest absolute Gasteiger partial charge is 0.423 e. The van der Waals surface area contributed by atoms with Crippen LogP contribution in [-0.2, 0) is 4.74 Å². The lowest BCUT2D eigenvalue weighted by molar-refractivity contribution is 0.0463. The van der Waals surface area contributed by atoms with Crippen molar-refractivity contribution in [2.75, 3.05) is 25.2 Å². The summed E-state index contributed by atoms with van der Waals surface area (Å²) in [7, 11) is 2.23. The molecular weight excluding hydrogens is 380 g/mol. The van der Waals surface area contributed by atoms with Gasteiger partial charge in [-0.25, -0.2) is 0 Å². The predicted octanol–water partition coefficient (Wildman–Crippen LogP) is 3.19. The normalized spacial score (nSPS) is 32.4. The number of carbonyl (C=O) groups excluding carboxylic acids is 1. The van der Waals surface area contributed by atoms with Crippen molar-refractivity contribution in [3.05, 3.63) is 23.8 Å². The third kappa shape index (κ3) is 3.48. The van der Waals surface area contributed by atoms with Gasteiger partial charge in [0.2, 0.25) is 0 Å². The van der Waals surface area contributed by atoms with Gasteiger partial charge < -0.3 is 24.3 Å². The quantitative estimate of drug-likeness (QED) is 0.835. The summed E-state index contributed by atoms with van der Waals surface area (Å²) < 4.78 is 11.7. The Kier molecular flexibility index (Phi) is 5.19. The zero-order valence-electron chi connectivity index (χ0n) is 18.1. The van der Waals surface area contributed by atoms with Gasteiger partial charge in [0.15, 0.2) is 5.58 Å². The SMILES string of the molecule is C[C@H]1COC[C@H](C)N1c1nc2c(C(=O)NC3C[C@H]4CCC[C@@H](C3)N4C)cccc2o1. The number of aromatic nitrogens is 1. The van der Waals surface area contributed by atoms with E-state index in [0.717, 1.165) is 12.8 Å². The van der Waals surface area contributed by atoms with Crippen LogP contribution in [0.25, 0.3) is 11.1 Å². The first-order valence-corrected chi connectivity index (χ1v) is 11.3. The van der Waals surface area contributed by atoms with Gasteiger partial charge in [-0.05, 0) is 58.7 Å². The zero-order chi connectivity index (χ0) is 20.8. The molecule has 5 rings (SSSR count). The number of benzene rings is 1. The van der Waals surface area contributed by atoms with Crippen molar-refractivity contribution in [1.29, 1.82) is 0 Å². The van der Waals surface area contributed by atoms with Crippen LogP contribution in [-0.4, -0.2) is 66.3 Å². The molecule has 1 aromatic carbocycles. The Bertz CT molecular complexity index is 904. The maximum atomic E-state index is 13.2. The standard InChI is InChI=1S/C23H32N4O3/c1-14-12-29-13-15(2)27(14)23-25-21-19(8-5-9-20(21)30-23)22(28)24-16-10-17-6-4-7-18(11-16)26(17)3/h5,8-9,14-18H,4,6-7,10-13H2,1-3H3,(H,24,28)/t14-,15-,16?,17-,18+/m0/s1. The average molecular weight is 413 g/mol. The van der Waals surface area contributed by atoms with Crippen LogP contribution in [0.1, 0.15) is 56.3 Å². The van der Waals surface area contributed by atoms with E-state index in [2.05, 4.69) is 36.0 Å². The molecule has 0 aliphatic carbocycles. The molecule has 2 bridgehead atoms. The van der Waals surface area contributed by atoms with Gasteiger partial charge in [0.05, 0.1) is 30.9 Å². The molecule has 3 aliphatic heterocycles. The van der Waals surface area contributed by atoms with Crippen molar-refractivity contribution in [3.63, 3.8) is 0 Å². The Morgan fingerprint density at radius 1 is 1.13 bits per heavy atom. The molecular formula is C23H32N4O3. The van der Waals surface area contributed by atoms with Crippen molar-refractivity contribution in [2.45, 2.75) is 76.2 Å². The van der Waals surface area contributed by atoms with Gasteiger partial charge >= 0.3 is 0 Å². The Hall–Kier alpha value is -2.12. The van der Waals surface area contributed by atoms with E-state index in [1.54, 1.807) is 0 Å². The summed E-state index contributed by atoms with van der Waals surface area (Å²) in [5, 5.41) is 3.30. The fourth-order valence-corrected chi connectivity index (χ4v) is 5.61. The van der Waals surface area contributed by atoms with Crippen LogP contribution in [0.5, 0.6) is 0 Å². The molecule has 4 heterocycles. The number of hydrogen-bond acceptors (Lipinski definition) is 6. The van der Waals surface area contributed by atoms with Crippen molar-refractivity contribution in [3.8, 4) is 0 Å². The number of oxazole rings is 1. The number of piperidine rings is 2. The Labute approximate surface area is 177 Å². The molecule has 30 heavy (non-hydrogen) atoms. The number of hydrogen-bond donors (Lipinski definition) is 1. The van der Waals surface area contributed by atoms with Crippen molar-refractivity contribution >= 4 is 23.0 Å². The molecule has 0 saturated carbocycles. The fourth-order valence-electron chi connectivity index (χ4n) is 5.61. The summed E-state index contributed by atoms with van der Waals surface area (Å²) in [4.78, 5) is 22.6. The lowest BCUT2D eigenvalue weighted by Gasteiger charge is -2.47. The Balaban J connectivity index is 1.38. The number of carbonyl (C=O) groups is 1. The Morgan fingerprint density at radius 2 is 1.83 bits per heavy atom. The minimum atomic E-state index is -0.0452. The number of morpholine rings is 1. The van der Waals surface area contributed by atoms with E-state index < -0.39 is 0 Å². The topological polar surface area (TPSA) is 70.8 Å². The number of amides is 1. The number of para-hydroxylation sites is 1. The van der Waals surface area contributed by atoms with Crippen LogP contribution in [0.3, 0.4) is 0 Å². The molecule has 1 amide bonds. The van der Waals surface area contributed by atoms with Crippen LogP contribution in [0.2, 0.25) is 0 Å². The van der Waals surface area contributed by atoms with E-state index in [9.17, 15) is 4.79 Å². The first-order chi connectivity index (χ1) is 14.5. The highest BCUT2D eigenvalue weighted by Gasteiger charge is 2.37. The molecule has 1 aromatic heterocycles. The molecule has 3 fully saturated rings. The van der Waals surface area contributed by atoms with Crippen LogP contribution in [0.15, 0.2) is 22.6 Å². The summed E-state index contributed by atoms with van der Waals surface area (Å²) in [6.45, 7) is 5.51. The van der Waals surface area contributed by atoms with E-state index in [0.29, 0.717) is 48.0 Å². The van der Waals surface area contributed by atoms with Crippen molar-refractivity contribution < 1.29 is 13.9 Å². The van der Waals surface area contributed by atoms with Crippen molar-refractivity contribution in [2.24, 2.45) is 0 Å². The minimum absolute atomic E-state index is 0.0452. The zero-order valence-corrected chi connectivity index (χ0v) is 18.1. The van der Waals surface area contributed by atoms with Crippen LogP contribution in [0.4, 0.5) is 6.01 Å². The third-order valence-corrected chi connectivity index (χ3v) is 7.22. The highest BCUT2D eigenvalue weighted by Crippen LogP contribution is 2.33. The summed E-state index contributed by atoms with van der Waals surface area (Å²) >= 11 is 0. The fraction of sp³-hybridized carbons (Fsp3) is 0.652. The van der Waals surface area contributed by atoms with E-state index in [1.807, 2.05) is 18.2 Å². The number of rotatable bonds is 3. The van der Waals surface area contributed by atoms with Gasteiger partial charge in [-0.1, -0.05) is 12.5 Å². The summed E-state index contributed by atoms with van der Waals surface area (Å²) in [5.41, 5.74) is 1.90. The van der Waals surface area contributed by atoms with E-state index in [-0.39, 0.29) is 24.0 Å². The van der Waals surface area contributed by atoms with Gasteiger partial charge in [0.25, 0.3) is 11.9 Å². The smallest absolute Gasteiger partial charge is 0.299 e. The predicted molar refractivity (Wildman–Crippen MR) is 116 cm³/mol. The number of fused-ring (bicyclic) bond motifs is 3. The monoisotopic (exact) mass is 412 g/mol. The lowest BCUT2D eigenvalue weighted by Crippen LogP contribution is -2.55. The molecule has 7 heteroatoms. The van der Waals surface area contributed by atoms with E-state index in [1.165, 1.54) is 19.3 Å². The molecule has 162 valence electrons. The highest BCUT2D eigenvalue weighted by atomic mass is 16.5. The minimum Gasteiger partial charge on any atom is -0.423 e. The second kappa shape index (κ2) is 7.85. The first-order valence-electron chi connectivity index (χ1n) is 11.3. The number of anilines is 1. The van der Waals surface area contributed by atoms with Crippen molar-refractivity contribution in [1.82, 2.24) is 15.2 Å². The molecule has 3 saturated heterocycles. The van der Waals surface area contributed by atoms with E-state index >= 15 is 0 Å². The average Bonchev–Trinajstić information content (AvgIpc) is 3.12. The first kappa shape index (κ1) is 19.8. The molecule has 7 nitrogen and oxygen atoms in total. The second-order valence-corrected chi connectivity index (χ2v) is 9.34. The maximum absolute atomic E-state index is 13.2. The summed E-state index contributed by atoms with van der Waals surface area (Å²) in [6.07, 6.45) is 5.83. The summed E-state index contributed by atoms with van der Waals surface area (Å²) in [6, 6.07) is 7.94. The molecule has 0 spiro atoms. The number of ether oxygens (including phenoxy) is 1. The number of nitrogens with zero attached hydrogens (tertiary/aromatic N) is 3. The van der Waals surface area contributed by atoms with E-state index in [4.69, 9.17) is 14.1 Å². The van der Waals surface area contributed by atoms with Gasteiger partial charge in [0.1, 0.15) is 5.52 Å². The van der Waals surface area contributed by atoms with Gasteiger partial charge in [0, 0.05) is 18.1 Å². The summed E-state index contributed by atoms with van der Waals surface area (Å²) in [5.74, 6) is -0.0452. The maximum Gasteiger partial charge on any atom is 0.299 e. The van der Waals surface area contributed by atoms with Gasteiger partial charge in [-0.15, -0.1) is 0 Å². The molecule has 1 N–H and O–H groups in total. The molecule has 3 aliphatic rings. The number of nitrogens with one attached hydrogen (secondary N) is 1. The highest BCUT2D eigenvalue weighted by molar-refractivity contribution is 6.04. The van der Waals surface area contributed by atoms with Crippen LogP contribution >= 0.6 is 0 Å². The van der Waals surface area contributed by atoms with Crippen LogP contribution in [0, 0.1) is 0 Å². The molecule has 5 atom stereocenters. The third-order valence-electron chi connectivity index (χ3n) is 7.22. The molecule has 1 unspecified atom stereocenters. The molecule has 0 radical (unpaired) electrons. The lowest BCUT2D eigenvalue weighted by atomic mass is 9.82. The van der Waals surface area contributed by atoms with Gasteiger partial charge in [-0.3, -0.25) is 4.79 Å². The second-order valence-electron chi connectivity index (χ2n) is 9.34. The van der Waals surface area contributed by atoms with Gasteiger partial charge in [-0.2, -0.15) is 4.98 Å².